The van der Waals surface area contributed by atoms with Crippen LogP contribution in [0.5, 0.6) is 0 Å². The Morgan fingerprint density at radius 2 is 1.88 bits per heavy atom. The molecular formula is C31H27ClFN9O. The molecule has 0 radical (unpaired) electrons. The quantitative estimate of drug-likeness (QED) is 0.307. The number of nitriles is 1. The summed E-state index contributed by atoms with van der Waals surface area (Å²) in [5.41, 5.74) is 3.78. The molecule has 12 heteroatoms. The van der Waals surface area contributed by atoms with E-state index in [9.17, 15) is 14.4 Å². The Hall–Kier alpha value is -4.82. The summed E-state index contributed by atoms with van der Waals surface area (Å²) < 4.78 is 17.7. The van der Waals surface area contributed by atoms with Gasteiger partial charge in [-0.05, 0) is 49.8 Å². The Morgan fingerprint density at radius 3 is 2.53 bits per heavy atom. The van der Waals surface area contributed by atoms with Crippen LogP contribution in [0, 0.1) is 29.0 Å². The lowest BCUT2D eigenvalue weighted by Gasteiger charge is -2.29. The van der Waals surface area contributed by atoms with Gasteiger partial charge < -0.3 is 10.2 Å². The molecule has 0 bridgehead atoms. The minimum Gasteiger partial charge on any atom is -0.355 e. The third-order valence-corrected chi connectivity index (χ3v) is 8.93. The summed E-state index contributed by atoms with van der Waals surface area (Å²) in [6.07, 6.45) is 12.2. The van der Waals surface area contributed by atoms with Crippen molar-refractivity contribution < 1.29 is 9.18 Å². The summed E-state index contributed by atoms with van der Waals surface area (Å²) in [5.74, 6) is 0.368. The molecule has 1 aromatic carbocycles. The number of hydrogen-bond acceptors (Lipinski definition) is 7. The second-order valence-electron chi connectivity index (χ2n) is 11.7. The number of carbonyl (C=O) groups excluding carboxylic acids is 1. The van der Waals surface area contributed by atoms with Crippen LogP contribution in [-0.4, -0.2) is 53.9 Å². The Bertz CT molecular complexity index is 1890. The Morgan fingerprint density at radius 1 is 1.09 bits per heavy atom. The summed E-state index contributed by atoms with van der Waals surface area (Å²) in [6, 6.07) is 8.47. The number of aryl methyl sites for hydroxylation is 1. The Balaban J connectivity index is 1.09. The highest BCUT2D eigenvalue weighted by atomic mass is 35.5. The molecule has 1 amide bonds. The molecule has 1 unspecified atom stereocenters. The molecule has 0 spiro atoms. The fourth-order valence-electron chi connectivity index (χ4n) is 6.73. The number of halogens is 2. The maximum Gasteiger partial charge on any atom is 0.256 e. The first-order valence-corrected chi connectivity index (χ1v) is 14.3. The topological polar surface area (TPSA) is 117 Å². The van der Waals surface area contributed by atoms with Crippen molar-refractivity contribution in [3.63, 3.8) is 0 Å². The van der Waals surface area contributed by atoms with Gasteiger partial charge in [0.05, 0.1) is 52.1 Å². The third kappa shape index (κ3) is 4.77. The van der Waals surface area contributed by atoms with Gasteiger partial charge in [-0.15, -0.1) is 0 Å². The summed E-state index contributed by atoms with van der Waals surface area (Å²) in [6.45, 7) is 3.59. The van der Waals surface area contributed by atoms with Crippen molar-refractivity contribution in [2.45, 2.75) is 25.3 Å². The van der Waals surface area contributed by atoms with Gasteiger partial charge in [0.1, 0.15) is 17.7 Å². The molecule has 43 heavy (non-hydrogen) atoms. The lowest BCUT2D eigenvalue weighted by atomic mass is 9.97. The van der Waals surface area contributed by atoms with Crippen LogP contribution in [0.4, 0.5) is 10.2 Å². The van der Waals surface area contributed by atoms with Crippen molar-refractivity contribution >= 4 is 28.8 Å². The molecule has 2 aliphatic rings. The van der Waals surface area contributed by atoms with E-state index in [-0.39, 0.29) is 10.6 Å². The maximum absolute atomic E-state index is 14.3. The van der Waals surface area contributed by atoms with Crippen LogP contribution < -0.4 is 10.2 Å². The average Bonchev–Trinajstić information content (AvgIpc) is 3.75. The summed E-state index contributed by atoms with van der Waals surface area (Å²) in [7, 11) is 1.86. The molecule has 1 saturated heterocycles. The molecule has 5 aromatic rings. The van der Waals surface area contributed by atoms with Crippen LogP contribution in [0.25, 0.3) is 27.9 Å². The van der Waals surface area contributed by atoms with E-state index in [1.54, 1.807) is 34.0 Å². The predicted octanol–water partition coefficient (Wildman–Crippen LogP) is 4.89. The van der Waals surface area contributed by atoms with E-state index in [4.69, 9.17) is 21.6 Å². The zero-order chi connectivity index (χ0) is 29.9. The Labute approximate surface area is 251 Å². The number of aromatic nitrogens is 6. The normalized spacial score (nSPS) is 21.2. The van der Waals surface area contributed by atoms with Crippen LogP contribution in [0.3, 0.4) is 0 Å². The molecule has 216 valence electrons. The maximum atomic E-state index is 14.3. The van der Waals surface area contributed by atoms with E-state index in [0.29, 0.717) is 28.6 Å². The third-order valence-electron chi connectivity index (χ3n) is 8.62. The number of nitrogens with one attached hydrogen (secondary N) is 1. The molecule has 7 rings (SSSR count). The molecule has 4 aromatic heterocycles. The van der Waals surface area contributed by atoms with Crippen molar-refractivity contribution in [2.24, 2.45) is 18.9 Å². The summed E-state index contributed by atoms with van der Waals surface area (Å²) in [4.78, 5) is 24.7. The number of benzene rings is 1. The average molecular weight is 596 g/mol. The van der Waals surface area contributed by atoms with E-state index in [1.807, 2.05) is 32.4 Å². The van der Waals surface area contributed by atoms with Gasteiger partial charge in [-0.2, -0.15) is 15.5 Å². The first kappa shape index (κ1) is 27.0. The molecule has 1 aliphatic carbocycles. The number of pyridine rings is 1. The van der Waals surface area contributed by atoms with Crippen LogP contribution in [0.15, 0.2) is 61.4 Å². The van der Waals surface area contributed by atoms with Gasteiger partial charge in [0.25, 0.3) is 5.91 Å². The van der Waals surface area contributed by atoms with Crippen LogP contribution in [0.1, 0.15) is 35.7 Å². The van der Waals surface area contributed by atoms with Crippen molar-refractivity contribution in [3.8, 4) is 28.5 Å². The van der Waals surface area contributed by atoms with Crippen molar-refractivity contribution in [3.05, 3.63) is 83.4 Å². The molecule has 1 saturated carbocycles. The number of rotatable bonds is 5. The SMILES string of the molecule is Cn1cc(-c2cc(-c3cnc(N4C[C@@H]5CC(C)(NC(=O)c6c(F)cccc6Cl)C[C@@H]5C4)cn3)c3c(C#N)cnn3c2)cn1. The lowest BCUT2D eigenvalue weighted by Crippen LogP contribution is -2.45. The molecule has 10 nitrogen and oxygen atoms in total. The number of fused-ring (bicyclic) bond motifs is 2. The van der Waals surface area contributed by atoms with Crippen LogP contribution in [-0.2, 0) is 7.05 Å². The number of anilines is 1. The smallest absolute Gasteiger partial charge is 0.256 e. The van der Waals surface area contributed by atoms with E-state index >= 15 is 0 Å². The highest BCUT2D eigenvalue weighted by Gasteiger charge is 2.48. The number of carbonyl (C=O) groups is 1. The highest BCUT2D eigenvalue weighted by molar-refractivity contribution is 6.33. The largest absolute Gasteiger partial charge is 0.355 e. The monoisotopic (exact) mass is 595 g/mol. The van der Waals surface area contributed by atoms with E-state index in [2.05, 4.69) is 26.5 Å². The lowest BCUT2D eigenvalue weighted by molar-refractivity contribution is 0.0901. The minimum absolute atomic E-state index is 0.106. The standard InChI is InChI=1S/C31H27ClFN9O/c1-31(39-30(43)28-24(32)4-3-5-25(28)33)7-19-15-41(16-20(19)8-31)27-13-35-26(12-36-27)23-6-18(22-11-37-40(2)14-22)17-42-29(23)21(9-34)10-38-42/h3-6,10-14,17,19-20H,7-8,15-16H2,1-2H3,(H,39,43)/t19-,20+,31?. The van der Waals surface area contributed by atoms with Crippen LogP contribution >= 0.6 is 11.6 Å². The highest BCUT2D eigenvalue weighted by Crippen LogP contribution is 2.45. The van der Waals surface area contributed by atoms with Crippen molar-refractivity contribution in [1.82, 2.24) is 34.7 Å². The second-order valence-corrected chi connectivity index (χ2v) is 12.1. The molecule has 2 fully saturated rings. The van der Waals surface area contributed by atoms with Crippen LogP contribution in [0.2, 0.25) is 5.02 Å². The number of amides is 1. The second kappa shape index (κ2) is 10.2. The van der Waals surface area contributed by atoms with E-state index < -0.39 is 17.3 Å². The first-order valence-electron chi connectivity index (χ1n) is 14.0. The predicted molar refractivity (Wildman–Crippen MR) is 159 cm³/mol. The van der Waals surface area contributed by atoms with Gasteiger partial charge in [0.2, 0.25) is 0 Å². The fraction of sp³-hybridized carbons (Fsp3) is 0.290. The van der Waals surface area contributed by atoms with Gasteiger partial charge in [-0.1, -0.05) is 17.7 Å². The summed E-state index contributed by atoms with van der Waals surface area (Å²) in [5, 5.41) is 21.6. The number of nitrogens with zero attached hydrogens (tertiary/aromatic N) is 8. The molecule has 1 N–H and O–H groups in total. The Kier molecular flexibility index (Phi) is 6.39. The summed E-state index contributed by atoms with van der Waals surface area (Å²) >= 11 is 6.12. The van der Waals surface area contributed by atoms with Gasteiger partial charge in [-0.25, -0.2) is 13.9 Å². The zero-order valence-corrected chi connectivity index (χ0v) is 24.3. The van der Waals surface area contributed by atoms with E-state index in [0.717, 1.165) is 48.4 Å². The zero-order valence-electron chi connectivity index (χ0n) is 23.5. The van der Waals surface area contributed by atoms with Gasteiger partial charge in [0, 0.05) is 54.8 Å². The molecule has 1 aliphatic heterocycles. The van der Waals surface area contributed by atoms with Gasteiger partial charge in [-0.3, -0.25) is 14.5 Å². The van der Waals surface area contributed by atoms with E-state index in [1.165, 1.54) is 18.2 Å². The minimum atomic E-state index is -0.624. The van der Waals surface area contributed by atoms with Gasteiger partial charge >= 0.3 is 0 Å². The van der Waals surface area contributed by atoms with Crippen molar-refractivity contribution in [2.75, 3.05) is 18.0 Å². The molecular weight excluding hydrogens is 569 g/mol. The fourth-order valence-corrected chi connectivity index (χ4v) is 6.98. The number of hydrogen-bond donors (Lipinski definition) is 1. The molecule has 5 heterocycles. The van der Waals surface area contributed by atoms with Gasteiger partial charge in [0.15, 0.2) is 0 Å². The molecule has 3 atom stereocenters. The van der Waals surface area contributed by atoms with Crippen molar-refractivity contribution in [1.29, 1.82) is 5.26 Å². The first-order chi connectivity index (χ1) is 20.7.